The summed E-state index contributed by atoms with van der Waals surface area (Å²) in [4.78, 5) is 11.6. The maximum Gasteiger partial charge on any atom is 0.260 e. The van der Waals surface area contributed by atoms with E-state index in [-0.39, 0.29) is 5.91 Å². The van der Waals surface area contributed by atoms with Crippen LogP contribution in [-0.4, -0.2) is 11.1 Å². The molecule has 0 aliphatic carbocycles. The van der Waals surface area contributed by atoms with Crippen LogP contribution in [0, 0.1) is 0 Å². The highest BCUT2D eigenvalue weighted by atomic mass is 16.5. The van der Waals surface area contributed by atoms with Gasteiger partial charge in [-0.2, -0.15) is 5.06 Å². The second-order valence-electron chi connectivity index (χ2n) is 3.76. The molecule has 0 saturated heterocycles. The number of rotatable bonds is 0. The van der Waals surface area contributed by atoms with Gasteiger partial charge in [0, 0.05) is 0 Å². The van der Waals surface area contributed by atoms with E-state index >= 15 is 0 Å². The van der Waals surface area contributed by atoms with Crippen molar-refractivity contribution in [3.05, 3.63) is 29.8 Å². The first-order chi connectivity index (χ1) is 6.05. The van der Waals surface area contributed by atoms with E-state index in [0.717, 1.165) is 10.6 Å². The minimum Gasteiger partial charge on any atom is -0.281 e. The fraction of sp³-hybridized carbons (Fsp3) is 0.300. The molecule has 1 aromatic carbocycles. The Balaban J connectivity index is 2.68. The molecule has 1 aliphatic heterocycles. The molecule has 68 valence electrons. The molecule has 0 unspecified atom stereocenters. The van der Waals surface area contributed by atoms with Crippen LogP contribution in [0.5, 0.6) is 0 Å². The van der Waals surface area contributed by atoms with Crippen LogP contribution in [0.4, 0.5) is 5.69 Å². The van der Waals surface area contributed by atoms with Gasteiger partial charge in [0.25, 0.3) is 5.91 Å². The first-order valence-electron chi connectivity index (χ1n) is 4.18. The predicted molar refractivity (Wildman–Crippen MR) is 48.7 cm³/mol. The van der Waals surface area contributed by atoms with Gasteiger partial charge in [0.1, 0.15) is 0 Å². The third-order valence-corrected chi connectivity index (χ3v) is 2.53. The second-order valence-corrected chi connectivity index (χ2v) is 3.76. The van der Waals surface area contributed by atoms with E-state index < -0.39 is 5.41 Å². The zero-order chi connectivity index (χ0) is 9.64. The average Bonchev–Trinajstić information content (AvgIpc) is 2.30. The molecule has 0 spiro atoms. The minimum absolute atomic E-state index is 0.270. The maximum atomic E-state index is 11.6. The first kappa shape index (κ1) is 8.26. The largest absolute Gasteiger partial charge is 0.281 e. The first-order valence-corrected chi connectivity index (χ1v) is 4.18. The molecule has 3 heteroatoms. The number of anilines is 1. The standard InChI is InChI=1S/C10H11NO2/c1-10(2)7-5-3-4-6-8(7)11(13)9(10)12/h3-6,13H,1-2H3. The van der Waals surface area contributed by atoms with Gasteiger partial charge in [0.05, 0.1) is 11.1 Å². The fourth-order valence-electron chi connectivity index (χ4n) is 1.68. The van der Waals surface area contributed by atoms with Gasteiger partial charge in [-0.1, -0.05) is 18.2 Å². The van der Waals surface area contributed by atoms with Crippen LogP contribution in [0.1, 0.15) is 19.4 Å². The Hall–Kier alpha value is -1.35. The Morgan fingerprint density at radius 3 is 2.54 bits per heavy atom. The Bertz CT molecular complexity index is 371. The van der Waals surface area contributed by atoms with Crippen molar-refractivity contribution in [3.63, 3.8) is 0 Å². The number of benzene rings is 1. The molecule has 0 bridgehead atoms. The van der Waals surface area contributed by atoms with E-state index in [4.69, 9.17) is 0 Å². The van der Waals surface area contributed by atoms with Crippen molar-refractivity contribution in [3.8, 4) is 0 Å². The SMILES string of the molecule is CC1(C)C(=O)N(O)c2ccccc21. The molecule has 0 saturated carbocycles. The molecule has 0 radical (unpaired) electrons. The molecule has 1 N–H and O–H groups in total. The lowest BCUT2D eigenvalue weighted by Crippen LogP contribution is -2.33. The fourth-order valence-corrected chi connectivity index (χ4v) is 1.68. The summed E-state index contributed by atoms with van der Waals surface area (Å²) in [5, 5.41) is 10.2. The topological polar surface area (TPSA) is 40.5 Å². The lowest BCUT2D eigenvalue weighted by Gasteiger charge is -2.15. The van der Waals surface area contributed by atoms with Gasteiger partial charge in [-0.25, -0.2) is 0 Å². The molecule has 1 aliphatic rings. The molecule has 3 nitrogen and oxygen atoms in total. The van der Waals surface area contributed by atoms with Crippen molar-refractivity contribution in [1.29, 1.82) is 0 Å². The van der Waals surface area contributed by atoms with Crippen molar-refractivity contribution < 1.29 is 10.0 Å². The molecular weight excluding hydrogens is 166 g/mol. The van der Waals surface area contributed by atoms with Crippen LogP contribution in [-0.2, 0) is 10.2 Å². The van der Waals surface area contributed by atoms with Crippen molar-refractivity contribution in [2.24, 2.45) is 0 Å². The van der Waals surface area contributed by atoms with E-state index in [1.807, 2.05) is 26.0 Å². The Morgan fingerprint density at radius 1 is 1.31 bits per heavy atom. The zero-order valence-electron chi connectivity index (χ0n) is 7.61. The van der Waals surface area contributed by atoms with Gasteiger partial charge in [0.15, 0.2) is 0 Å². The third kappa shape index (κ3) is 0.906. The molecule has 1 aromatic rings. The highest BCUT2D eigenvalue weighted by molar-refractivity contribution is 6.05. The summed E-state index contributed by atoms with van der Waals surface area (Å²) in [5.74, 6) is -0.270. The minimum atomic E-state index is -0.606. The molecule has 13 heavy (non-hydrogen) atoms. The van der Waals surface area contributed by atoms with Gasteiger partial charge in [0.2, 0.25) is 0 Å². The molecule has 0 atom stereocenters. The van der Waals surface area contributed by atoms with Crippen LogP contribution in [0.25, 0.3) is 0 Å². The lowest BCUT2D eigenvalue weighted by molar-refractivity contribution is -0.126. The molecule has 1 heterocycles. The number of fused-ring (bicyclic) bond motifs is 1. The molecule has 1 amide bonds. The van der Waals surface area contributed by atoms with Crippen LogP contribution >= 0.6 is 0 Å². The normalized spacial score (nSPS) is 19.0. The van der Waals surface area contributed by atoms with E-state index in [1.54, 1.807) is 12.1 Å². The van der Waals surface area contributed by atoms with Crippen LogP contribution in [0.15, 0.2) is 24.3 Å². The number of carbonyl (C=O) groups excluding carboxylic acids is 1. The van der Waals surface area contributed by atoms with Crippen molar-refractivity contribution in [1.82, 2.24) is 0 Å². The Labute approximate surface area is 76.6 Å². The summed E-state index contributed by atoms with van der Waals surface area (Å²) in [5.41, 5.74) is 0.866. The summed E-state index contributed by atoms with van der Waals surface area (Å²) in [6.07, 6.45) is 0. The van der Waals surface area contributed by atoms with Gasteiger partial charge in [-0.05, 0) is 25.5 Å². The predicted octanol–water partition coefficient (Wildman–Crippen LogP) is 1.70. The lowest BCUT2D eigenvalue weighted by atomic mass is 9.86. The number of hydrogen-bond donors (Lipinski definition) is 1. The van der Waals surface area contributed by atoms with Crippen LogP contribution in [0.3, 0.4) is 0 Å². The average molecular weight is 177 g/mol. The highest BCUT2D eigenvalue weighted by Crippen LogP contribution is 2.39. The molecule has 2 rings (SSSR count). The summed E-state index contributed by atoms with van der Waals surface area (Å²) < 4.78 is 0. The number of carbonyl (C=O) groups is 1. The van der Waals surface area contributed by atoms with Crippen LogP contribution < -0.4 is 5.06 Å². The Morgan fingerprint density at radius 2 is 1.92 bits per heavy atom. The van der Waals surface area contributed by atoms with E-state index in [9.17, 15) is 10.0 Å². The van der Waals surface area contributed by atoms with Gasteiger partial charge in [-0.3, -0.25) is 10.0 Å². The summed E-state index contributed by atoms with van der Waals surface area (Å²) in [7, 11) is 0. The number of para-hydroxylation sites is 1. The maximum absolute atomic E-state index is 11.6. The summed E-state index contributed by atoms with van der Waals surface area (Å²) in [6, 6.07) is 7.27. The van der Waals surface area contributed by atoms with Gasteiger partial charge < -0.3 is 0 Å². The van der Waals surface area contributed by atoms with Gasteiger partial charge >= 0.3 is 0 Å². The smallest absolute Gasteiger partial charge is 0.260 e. The van der Waals surface area contributed by atoms with E-state index in [2.05, 4.69) is 0 Å². The number of hydroxylamine groups is 1. The highest BCUT2D eigenvalue weighted by Gasteiger charge is 2.43. The Kier molecular flexibility index (Phi) is 1.48. The molecule has 0 aromatic heterocycles. The van der Waals surface area contributed by atoms with E-state index in [0.29, 0.717) is 5.69 Å². The second kappa shape index (κ2) is 2.33. The summed E-state index contributed by atoms with van der Waals surface area (Å²) in [6.45, 7) is 3.62. The van der Waals surface area contributed by atoms with Crippen molar-refractivity contribution >= 4 is 11.6 Å². The monoisotopic (exact) mass is 177 g/mol. The third-order valence-electron chi connectivity index (χ3n) is 2.53. The van der Waals surface area contributed by atoms with Crippen molar-refractivity contribution in [2.75, 3.05) is 5.06 Å². The van der Waals surface area contributed by atoms with E-state index in [1.165, 1.54) is 0 Å². The number of amides is 1. The van der Waals surface area contributed by atoms with Crippen molar-refractivity contribution in [2.45, 2.75) is 19.3 Å². The zero-order valence-corrected chi connectivity index (χ0v) is 7.61. The molecule has 0 fully saturated rings. The quantitative estimate of drug-likeness (QED) is 0.613. The summed E-state index contributed by atoms with van der Waals surface area (Å²) >= 11 is 0. The number of nitrogens with zero attached hydrogens (tertiary/aromatic N) is 1. The van der Waals surface area contributed by atoms with Gasteiger partial charge in [-0.15, -0.1) is 0 Å². The molecular formula is C10H11NO2. The number of hydrogen-bond acceptors (Lipinski definition) is 2. The van der Waals surface area contributed by atoms with Crippen LogP contribution in [0.2, 0.25) is 0 Å².